The van der Waals surface area contributed by atoms with Gasteiger partial charge in [0.05, 0.1) is 11.1 Å². The average Bonchev–Trinajstić information content (AvgIpc) is 2.97. The molecular weight excluding hydrogens is 376 g/mol. The van der Waals surface area contributed by atoms with Crippen LogP contribution in [0.2, 0.25) is 0 Å². The van der Waals surface area contributed by atoms with Crippen LogP contribution in [-0.2, 0) is 12.8 Å². The number of Topliss-reactive ketones (excluding diaryl/α,β-unsaturated/α-hetero) is 1. The first kappa shape index (κ1) is 18.4. The minimum Gasteiger partial charge on any atom is -0.301 e. The number of ketones is 1. The maximum atomic E-state index is 12.7. The smallest absolute Gasteiger partial charge is 0.260 e. The van der Waals surface area contributed by atoms with E-state index in [1.165, 1.54) is 28.6 Å². The molecule has 3 aromatic rings. The molecule has 0 aliphatic heterocycles. The predicted molar refractivity (Wildman–Crippen MR) is 113 cm³/mol. The summed E-state index contributed by atoms with van der Waals surface area (Å²) in [4.78, 5) is 35.0. The van der Waals surface area contributed by atoms with E-state index >= 15 is 0 Å². The zero-order chi connectivity index (χ0) is 19.1. The van der Waals surface area contributed by atoms with Crippen LogP contribution in [0.4, 0.5) is 0 Å². The molecule has 6 heteroatoms. The van der Waals surface area contributed by atoms with E-state index in [-0.39, 0.29) is 17.1 Å². The monoisotopic (exact) mass is 398 g/mol. The zero-order valence-electron chi connectivity index (χ0n) is 15.8. The predicted octanol–water partition coefficient (Wildman–Crippen LogP) is 4.76. The van der Waals surface area contributed by atoms with Gasteiger partial charge >= 0.3 is 0 Å². The molecule has 0 bridgehead atoms. The van der Waals surface area contributed by atoms with Crippen molar-refractivity contribution in [1.29, 1.82) is 0 Å². The third-order valence-electron chi connectivity index (χ3n) is 5.10. The maximum absolute atomic E-state index is 12.7. The number of benzene rings is 1. The number of nitrogens with zero attached hydrogens (tertiary/aromatic N) is 1. The van der Waals surface area contributed by atoms with E-state index in [1.54, 1.807) is 11.3 Å². The second-order valence-electron chi connectivity index (χ2n) is 7.25. The van der Waals surface area contributed by atoms with E-state index in [4.69, 9.17) is 0 Å². The topological polar surface area (TPSA) is 62.8 Å². The Kier molecular flexibility index (Phi) is 4.95. The molecule has 2 aromatic heterocycles. The molecule has 2 heterocycles. The number of fused-ring (bicyclic) bond motifs is 3. The van der Waals surface area contributed by atoms with E-state index in [0.717, 1.165) is 51.7 Å². The van der Waals surface area contributed by atoms with Gasteiger partial charge in [-0.2, -0.15) is 0 Å². The number of aromatic amines is 1. The van der Waals surface area contributed by atoms with Crippen molar-refractivity contribution in [2.45, 2.75) is 51.6 Å². The molecule has 1 aromatic carbocycles. The van der Waals surface area contributed by atoms with Gasteiger partial charge in [0.15, 0.2) is 10.9 Å². The third-order valence-corrected chi connectivity index (χ3v) is 7.16. The molecule has 4 rings (SSSR count). The van der Waals surface area contributed by atoms with E-state index in [9.17, 15) is 9.59 Å². The Morgan fingerprint density at radius 1 is 1.19 bits per heavy atom. The highest BCUT2D eigenvalue weighted by Crippen LogP contribution is 2.34. The van der Waals surface area contributed by atoms with Crippen molar-refractivity contribution in [2.24, 2.45) is 0 Å². The molecule has 1 N–H and O–H groups in total. The van der Waals surface area contributed by atoms with Crippen molar-refractivity contribution in [2.75, 3.05) is 5.75 Å². The lowest BCUT2D eigenvalue weighted by Gasteiger charge is -2.10. The van der Waals surface area contributed by atoms with Gasteiger partial charge in [-0.15, -0.1) is 11.3 Å². The summed E-state index contributed by atoms with van der Waals surface area (Å²) >= 11 is 2.95. The molecule has 0 saturated carbocycles. The van der Waals surface area contributed by atoms with Crippen LogP contribution in [0.15, 0.2) is 22.1 Å². The fourth-order valence-electron chi connectivity index (χ4n) is 4.04. The molecule has 0 spiro atoms. The Morgan fingerprint density at radius 2 is 1.89 bits per heavy atom. The van der Waals surface area contributed by atoms with E-state index in [2.05, 4.69) is 9.97 Å². The van der Waals surface area contributed by atoms with Gasteiger partial charge in [-0.25, -0.2) is 4.98 Å². The number of thiophene rings is 1. The van der Waals surface area contributed by atoms with Gasteiger partial charge in [-0.05, 0) is 63.1 Å². The SMILES string of the molecule is Cc1cc(C)c(C(=O)CSc2nc3sc4c(c3c(=O)[nH]2)CCCC4)c(C)c1. The highest BCUT2D eigenvalue weighted by molar-refractivity contribution is 7.99. The van der Waals surface area contributed by atoms with Crippen LogP contribution in [0.3, 0.4) is 0 Å². The largest absolute Gasteiger partial charge is 0.301 e. The summed E-state index contributed by atoms with van der Waals surface area (Å²) in [5.74, 6) is 0.341. The summed E-state index contributed by atoms with van der Waals surface area (Å²) in [6, 6.07) is 4.07. The number of thioether (sulfide) groups is 1. The number of carbonyl (C=O) groups excluding carboxylic acids is 1. The summed E-state index contributed by atoms with van der Waals surface area (Å²) in [5, 5.41) is 1.29. The van der Waals surface area contributed by atoms with Crippen molar-refractivity contribution in [3.05, 3.63) is 55.2 Å². The number of hydrogen-bond donors (Lipinski definition) is 1. The Hall–Kier alpha value is -1.92. The Morgan fingerprint density at radius 3 is 2.63 bits per heavy atom. The first-order valence-corrected chi connectivity index (χ1v) is 11.0. The number of H-pyrrole nitrogens is 1. The molecule has 4 nitrogen and oxygen atoms in total. The molecule has 0 radical (unpaired) electrons. The van der Waals surface area contributed by atoms with Gasteiger partial charge < -0.3 is 4.98 Å². The van der Waals surface area contributed by atoms with Gasteiger partial charge in [0, 0.05) is 10.4 Å². The summed E-state index contributed by atoms with van der Waals surface area (Å²) in [7, 11) is 0. The second kappa shape index (κ2) is 7.24. The lowest BCUT2D eigenvalue weighted by molar-refractivity contribution is 0.102. The molecule has 1 aliphatic carbocycles. The summed E-state index contributed by atoms with van der Waals surface area (Å²) in [6.07, 6.45) is 4.33. The van der Waals surface area contributed by atoms with Gasteiger partial charge in [0.25, 0.3) is 5.56 Å². The number of nitrogens with one attached hydrogen (secondary N) is 1. The first-order chi connectivity index (χ1) is 12.9. The number of aromatic nitrogens is 2. The fraction of sp³-hybridized carbons (Fsp3) is 0.381. The van der Waals surface area contributed by atoms with Crippen molar-refractivity contribution >= 4 is 39.1 Å². The first-order valence-electron chi connectivity index (χ1n) is 9.22. The molecule has 1 aliphatic rings. The number of carbonyl (C=O) groups is 1. The van der Waals surface area contributed by atoms with E-state index in [1.807, 2.05) is 32.9 Å². The standard InChI is InChI=1S/C21H22N2O2S2/c1-11-8-12(2)17(13(3)9-11)15(24)10-26-21-22-19(25)18-14-6-4-5-7-16(14)27-20(18)23-21/h8-9H,4-7,10H2,1-3H3,(H,22,23,25). The van der Waals surface area contributed by atoms with Crippen molar-refractivity contribution in [1.82, 2.24) is 9.97 Å². The van der Waals surface area contributed by atoms with Crippen LogP contribution < -0.4 is 5.56 Å². The fourth-order valence-corrected chi connectivity index (χ4v) is 6.09. The Balaban J connectivity index is 1.59. The third kappa shape index (κ3) is 3.48. The number of hydrogen-bond acceptors (Lipinski definition) is 5. The van der Waals surface area contributed by atoms with Crippen molar-refractivity contribution in [3.63, 3.8) is 0 Å². The summed E-state index contributed by atoms with van der Waals surface area (Å²) < 4.78 is 0. The van der Waals surface area contributed by atoms with Gasteiger partial charge in [0.1, 0.15) is 4.83 Å². The minimum absolute atomic E-state index is 0.0722. The molecule has 140 valence electrons. The van der Waals surface area contributed by atoms with Gasteiger partial charge in [0.2, 0.25) is 0 Å². The lowest BCUT2D eigenvalue weighted by atomic mass is 9.97. The van der Waals surface area contributed by atoms with Crippen LogP contribution in [0.1, 0.15) is 50.3 Å². The lowest BCUT2D eigenvalue weighted by Crippen LogP contribution is -2.12. The van der Waals surface area contributed by atoms with Gasteiger partial charge in [-0.3, -0.25) is 9.59 Å². The van der Waals surface area contributed by atoms with Crippen LogP contribution in [0.5, 0.6) is 0 Å². The molecule has 27 heavy (non-hydrogen) atoms. The molecular formula is C21H22N2O2S2. The minimum atomic E-state index is -0.0722. The van der Waals surface area contributed by atoms with Crippen LogP contribution in [-0.4, -0.2) is 21.5 Å². The number of aryl methyl sites for hydroxylation is 5. The quantitative estimate of drug-likeness (QED) is 0.391. The van der Waals surface area contributed by atoms with Crippen molar-refractivity contribution in [3.8, 4) is 0 Å². The van der Waals surface area contributed by atoms with Crippen LogP contribution >= 0.6 is 23.1 Å². The molecule has 0 saturated heterocycles. The highest BCUT2D eigenvalue weighted by Gasteiger charge is 2.20. The average molecular weight is 399 g/mol. The van der Waals surface area contributed by atoms with Crippen LogP contribution in [0, 0.1) is 20.8 Å². The zero-order valence-corrected chi connectivity index (χ0v) is 17.4. The number of rotatable bonds is 4. The Bertz CT molecular complexity index is 1090. The molecule has 0 amide bonds. The molecule has 0 unspecified atom stereocenters. The van der Waals surface area contributed by atoms with Crippen molar-refractivity contribution < 1.29 is 4.79 Å². The Labute approximate surface area is 166 Å². The van der Waals surface area contributed by atoms with Gasteiger partial charge in [-0.1, -0.05) is 29.5 Å². The summed E-state index contributed by atoms with van der Waals surface area (Å²) in [6.45, 7) is 5.98. The molecule has 0 fully saturated rings. The summed E-state index contributed by atoms with van der Waals surface area (Å²) in [5.41, 5.74) is 5.06. The van der Waals surface area contributed by atoms with E-state index < -0.39 is 0 Å². The normalized spacial score (nSPS) is 13.7. The second-order valence-corrected chi connectivity index (χ2v) is 9.30. The highest BCUT2D eigenvalue weighted by atomic mass is 32.2. The van der Waals surface area contributed by atoms with E-state index in [0.29, 0.717) is 5.16 Å². The molecule has 0 atom stereocenters. The maximum Gasteiger partial charge on any atom is 0.260 e. The van der Waals surface area contributed by atoms with Crippen LogP contribution in [0.25, 0.3) is 10.2 Å².